The number of methoxy groups -OCH3 is 2. The summed E-state index contributed by atoms with van der Waals surface area (Å²) in [5.41, 5.74) is 2.91. The first-order chi connectivity index (χ1) is 14.5. The van der Waals surface area contributed by atoms with E-state index in [1.807, 2.05) is 19.1 Å². The molecule has 0 spiro atoms. The Balaban J connectivity index is 1.65. The number of ketones is 1. The Morgan fingerprint density at radius 3 is 2.03 bits per heavy atom. The van der Waals surface area contributed by atoms with Crippen LogP contribution in [0.3, 0.4) is 0 Å². The van der Waals surface area contributed by atoms with E-state index < -0.39 is 5.97 Å². The molecule has 0 atom stereocenters. The molecule has 0 bridgehead atoms. The van der Waals surface area contributed by atoms with E-state index in [2.05, 4.69) is 0 Å². The molecule has 0 saturated carbocycles. The van der Waals surface area contributed by atoms with Crippen molar-refractivity contribution in [2.24, 2.45) is 0 Å². The highest BCUT2D eigenvalue weighted by molar-refractivity contribution is 6.06. The zero-order chi connectivity index (χ0) is 21.5. The Bertz CT molecular complexity index is 1060. The monoisotopic (exact) mass is 402 g/mol. The van der Waals surface area contributed by atoms with Crippen molar-refractivity contribution in [1.82, 2.24) is 0 Å². The Kier molecular flexibility index (Phi) is 6.65. The Morgan fingerprint density at radius 1 is 0.767 bits per heavy atom. The molecule has 0 aliphatic heterocycles. The summed E-state index contributed by atoms with van der Waals surface area (Å²) in [4.78, 5) is 24.6. The van der Waals surface area contributed by atoms with E-state index in [9.17, 15) is 9.59 Å². The first kappa shape index (κ1) is 20.9. The SMILES string of the molecule is COc1ccc(C(=O)Oc2ccc(/C=C/C(=O)c3ccc(C)cc3)cc2)cc1OC. The maximum Gasteiger partial charge on any atom is 0.343 e. The van der Waals surface area contributed by atoms with Crippen LogP contribution in [0.25, 0.3) is 6.08 Å². The number of carbonyl (C=O) groups is 2. The van der Waals surface area contributed by atoms with Gasteiger partial charge in [0.2, 0.25) is 0 Å². The van der Waals surface area contributed by atoms with Crippen LogP contribution in [0.2, 0.25) is 0 Å². The fraction of sp³-hybridized carbons (Fsp3) is 0.120. The highest BCUT2D eigenvalue weighted by Gasteiger charge is 2.13. The molecule has 3 aromatic carbocycles. The third-order valence-electron chi connectivity index (χ3n) is 4.47. The van der Waals surface area contributed by atoms with Crippen LogP contribution in [0.4, 0.5) is 0 Å². The van der Waals surface area contributed by atoms with Crippen LogP contribution in [0.5, 0.6) is 17.2 Å². The van der Waals surface area contributed by atoms with Crippen LogP contribution in [0, 0.1) is 6.92 Å². The molecule has 0 radical (unpaired) electrons. The molecule has 3 aromatic rings. The van der Waals surface area contributed by atoms with Crippen molar-refractivity contribution in [3.8, 4) is 17.2 Å². The molecule has 0 saturated heterocycles. The number of ether oxygens (including phenoxy) is 3. The minimum Gasteiger partial charge on any atom is -0.493 e. The third-order valence-corrected chi connectivity index (χ3v) is 4.47. The van der Waals surface area contributed by atoms with Crippen molar-refractivity contribution < 1.29 is 23.8 Å². The summed E-state index contributed by atoms with van der Waals surface area (Å²) in [5, 5.41) is 0. The van der Waals surface area contributed by atoms with E-state index in [1.54, 1.807) is 60.7 Å². The lowest BCUT2D eigenvalue weighted by Gasteiger charge is -2.09. The van der Waals surface area contributed by atoms with Gasteiger partial charge in [-0.2, -0.15) is 0 Å². The number of hydrogen-bond donors (Lipinski definition) is 0. The van der Waals surface area contributed by atoms with Gasteiger partial charge in [-0.05, 0) is 48.9 Å². The van der Waals surface area contributed by atoms with Gasteiger partial charge in [0.25, 0.3) is 0 Å². The lowest BCUT2D eigenvalue weighted by Crippen LogP contribution is -2.08. The maximum absolute atomic E-state index is 12.4. The molecule has 3 rings (SSSR count). The number of benzene rings is 3. The molecule has 0 N–H and O–H groups in total. The summed E-state index contributed by atoms with van der Waals surface area (Å²) in [7, 11) is 3.03. The first-order valence-electron chi connectivity index (χ1n) is 9.33. The first-order valence-corrected chi connectivity index (χ1v) is 9.33. The zero-order valence-electron chi connectivity index (χ0n) is 17.0. The smallest absolute Gasteiger partial charge is 0.343 e. The van der Waals surface area contributed by atoms with E-state index in [-0.39, 0.29) is 5.78 Å². The fourth-order valence-corrected chi connectivity index (χ4v) is 2.76. The molecular formula is C25H22O5. The van der Waals surface area contributed by atoms with E-state index in [0.717, 1.165) is 11.1 Å². The van der Waals surface area contributed by atoms with Crippen molar-refractivity contribution in [3.63, 3.8) is 0 Å². The van der Waals surface area contributed by atoms with Gasteiger partial charge >= 0.3 is 5.97 Å². The number of aryl methyl sites for hydroxylation is 1. The standard InChI is InChI=1S/C25H22O5/c1-17-4-9-19(10-5-17)22(26)14-8-18-6-12-21(13-7-18)30-25(27)20-11-15-23(28-2)24(16-20)29-3/h4-16H,1-3H3/b14-8+. The van der Waals surface area contributed by atoms with E-state index in [0.29, 0.717) is 28.4 Å². The number of rotatable bonds is 7. The molecule has 0 aromatic heterocycles. The van der Waals surface area contributed by atoms with E-state index in [1.165, 1.54) is 20.3 Å². The van der Waals surface area contributed by atoms with Crippen LogP contribution >= 0.6 is 0 Å². The van der Waals surface area contributed by atoms with Gasteiger partial charge in [0.05, 0.1) is 19.8 Å². The highest BCUT2D eigenvalue weighted by Crippen LogP contribution is 2.28. The number of carbonyl (C=O) groups excluding carboxylic acids is 2. The number of esters is 1. The minimum atomic E-state index is -0.506. The van der Waals surface area contributed by atoms with Crippen LogP contribution in [0.1, 0.15) is 31.8 Å². The van der Waals surface area contributed by atoms with Crippen molar-refractivity contribution in [1.29, 1.82) is 0 Å². The van der Waals surface area contributed by atoms with Crippen LogP contribution in [0.15, 0.2) is 72.8 Å². The van der Waals surface area contributed by atoms with E-state index >= 15 is 0 Å². The minimum absolute atomic E-state index is 0.0704. The molecule has 152 valence electrons. The van der Waals surface area contributed by atoms with Crippen molar-refractivity contribution in [3.05, 3.63) is 95.1 Å². The Morgan fingerprint density at radius 2 is 1.40 bits per heavy atom. The molecule has 30 heavy (non-hydrogen) atoms. The topological polar surface area (TPSA) is 61.8 Å². The molecule has 0 unspecified atom stereocenters. The van der Waals surface area contributed by atoms with Crippen LogP contribution < -0.4 is 14.2 Å². The van der Waals surface area contributed by atoms with Crippen molar-refractivity contribution in [2.45, 2.75) is 6.92 Å². The molecule has 5 heteroatoms. The predicted molar refractivity (Wildman–Crippen MR) is 115 cm³/mol. The van der Waals surface area contributed by atoms with Gasteiger partial charge in [-0.25, -0.2) is 4.79 Å². The van der Waals surface area contributed by atoms with Crippen molar-refractivity contribution in [2.75, 3.05) is 14.2 Å². The summed E-state index contributed by atoms with van der Waals surface area (Å²) in [6, 6.07) is 19.1. The number of hydrogen-bond acceptors (Lipinski definition) is 5. The average Bonchev–Trinajstić information content (AvgIpc) is 2.78. The van der Waals surface area contributed by atoms with Gasteiger partial charge in [-0.15, -0.1) is 0 Å². The molecule has 5 nitrogen and oxygen atoms in total. The molecule has 0 amide bonds. The van der Waals surface area contributed by atoms with Gasteiger partial charge in [-0.3, -0.25) is 4.79 Å². The zero-order valence-corrected chi connectivity index (χ0v) is 17.0. The average molecular weight is 402 g/mol. The molecule has 0 aliphatic rings. The summed E-state index contributed by atoms with van der Waals surface area (Å²) in [6.45, 7) is 1.98. The third kappa shape index (κ3) is 5.14. The second kappa shape index (κ2) is 9.56. The summed E-state index contributed by atoms with van der Waals surface area (Å²) < 4.78 is 15.8. The van der Waals surface area contributed by atoms with Gasteiger partial charge in [-0.1, -0.05) is 48.0 Å². The van der Waals surface area contributed by atoms with Crippen LogP contribution in [-0.4, -0.2) is 26.0 Å². The normalized spacial score (nSPS) is 10.6. The Hall–Kier alpha value is -3.86. The fourth-order valence-electron chi connectivity index (χ4n) is 2.76. The molecule has 0 heterocycles. The summed E-state index contributed by atoms with van der Waals surface area (Å²) in [6.07, 6.45) is 3.25. The quantitative estimate of drug-likeness (QED) is 0.237. The molecule has 0 aliphatic carbocycles. The number of allylic oxidation sites excluding steroid dienone is 1. The summed E-state index contributed by atoms with van der Waals surface area (Å²) in [5.74, 6) is 0.806. The lowest BCUT2D eigenvalue weighted by atomic mass is 10.1. The molecule has 0 fully saturated rings. The lowest BCUT2D eigenvalue weighted by molar-refractivity contribution is 0.0734. The van der Waals surface area contributed by atoms with E-state index in [4.69, 9.17) is 14.2 Å². The Labute approximate surface area is 175 Å². The largest absolute Gasteiger partial charge is 0.493 e. The molecular weight excluding hydrogens is 380 g/mol. The van der Waals surface area contributed by atoms with Gasteiger partial charge in [0.1, 0.15) is 5.75 Å². The highest BCUT2D eigenvalue weighted by atomic mass is 16.5. The van der Waals surface area contributed by atoms with Gasteiger partial charge in [0, 0.05) is 5.56 Å². The maximum atomic E-state index is 12.4. The second-order valence-corrected chi connectivity index (χ2v) is 6.59. The van der Waals surface area contributed by atoms with Crippen molar-refractivity contribution >= 4 is 17.8 Å². The van der Waals surface area contributed by atoms with Crippen LogP contribution in [-0.2, 0) is 0 Å². The van der Waals surface area contributed by atoms with Gasteiger partial charge in [0.15, 0.2) is 17.3 Å². The second-order valence-electron chi connectivity index (χ2n) is 6.59. The predicted octanol–water partition coefficient (Wildman–Crippen LogP) is 5.13. The summed E-state index contributed by atoms with van der Waals surface area (Å²) >= 11 is 0. The van der Waals surface area contributed by atoms with Gasteiger partial charge < -0.3 is 14.2 Å².